The summed E-state index contributed by atoms with van der Waals surface area (Å²) in [6.45, 7) is 3.60. The van der Waals surface area contributed by atoms with Crippen LogP contribution in [0.5, 0.6) is 5.75 Å². The number of hydrogen-bond donors (Lipinski definition) is 2. The molecule has 1 saturated heterocycles. The molecule has 3 aromatic rings. The number of rotatable bonds is 6. The van der Waals surface area contributed by atoms with E-state index in [4.69, 9.17) is 9.47 Å². The second-order valence-electron chi connectivity index (χ2n) is 6.85. The van der Waals surface area contributed by atoms with Crippen molar-refractivity contribution >= 4 is 0 Å². The van der Waals surface area contributed by atoms with E-state index >= 15 is 0 Å². The molecule has 2 atom stereocenters. The summed E-state index contributed by atoms with van der Waals surface area (Å²) in [5.41, 5.74) is 3.59. The Labute approximate surface area is 162 Å². The van der Waals surface area contributed by atoms with Crippen molar-refractivity contribution in [3.63, 3.8) is 0 Å². The van der Waals surface area contributed by atoms with Crippen LogP contribution in [0.1, 0.15) is 17.3 Å². The van der Waals surface area contributed by atoms with Gasteiger partial charge in [-0.2, -0.15) is 10.2 Å². The highest BCUT2D eigenvalue weighted by molar-refractivity contribution is 5.60. The molecule has 8 nitrogen and oxygen atoms in total. The molecule has 2 unspecified atom stereocenters. The molecule has 3 heterocycles. The van der Waals surface area contributed by atoms with Crippen LogP contribution in [0.2, 0.25) is 0 Å². The molecule has 0 aliphatic carbocycles. The zero-order chi connectivity index (χ0) is 19.5. The Morgan fingerprint density at radius 3 is 3.00 bits per heavy atom. The van der Waals surface area contributed by atoms with Crippen LogP contribution in [0.3, 0.4) is 0 Å². The third-order valence-electron chi connectivity index (χ3n) is 5.04. The molecule has 1 aliphatic heterocycles. The predicted molar refractivity (Wildman–Crippen MR) is 104 cm³/mol. The molecule has 0 amide bonds. The lowest BCUT2D eigenvalue weighted by molar-refractivity contribution is 0.181. The number of ether oxygens (including phenoxy) is 2. The zero-order valence-corrected chi connectivity index (χ0v) is 15.9. The van der Waals surface area contributed by atoms with Gasteiger partial charge in [-0.25, -0.2) is 4.68 Å². The molecule has 4 rings (SSSR count). The van der Waals surface area contributed by atoms with E-state index in [1.807, 2.05) is 31.2 Å². The van der Waals surface area contributed by atoms with Crippen LogP contribution in [0.4, 0.5) is 0 Å². The van der Waals surface area contributed by atoms with Gasteiger partial charge in [0.25, 0.3) is 5.56 Å². The molecule has 28 heavy (non-hydrogen) atoms. The molecule has 8 heteroatoms. The Hall–Kier alpha value is -2.97. The van der Waals surface area contributed by atoms with E-state index in [1.165, 1.54) is 4.68 Å². The number of H-pyrrole nitrogens is 1. The lowest BCUT2D eigenvalue weighted by Gasteiger charge is -2.20. The molecule has 0 radical (unpaired) electrons. The third-order valence-corrected chi connectivity index (χ3v) is 5.04. The fraction of sp³-hybridized carbons (Fsp3) is 0.350. The summed E-state index contributed by atoms with van der Waals surface area (Å²) in [4.78, 5) is 12.5. The summed E-state index contributed by atoms with van der Waals surface area (Å²) in [7, 11) is 1.63. The van der Waals surface area contributed by atoms with Gasteiger partial charge in [-0.05, 0) is 25.1 Å². The van der Waals surface area contributed by atoms with E-state index in [1.54, 1.807) is 25.4 Å². The molecular weight excluding hydrogens is 358 g/mol. The molecule has 2 aromatic heterocycles. The van der Waals surface area contributed by atoms with Crippen LogP contribution >= 0.6 is 0 Å². The molecule has 1 fully saturated rings. The molecule has 0 bridgehead atoms. The number of aryl methyl sites for hydroxylation is 1. The van der Waals surface area contributed by atoms with E-state index in [9.17, 15) is 4.79 Å². The first-order valence-electron chi connectivity index (χ1n) is 9.20. The Kier molecular flexibility index (Phi) is 5.23. The molecule has 0 saturated carbocycles. The Morgan fingerprint density at radius 1 is 1.32 bits per heavy atom. The standard InChI is InChI=1S/C20H23N5O3/c1-13-15(10-22-23-13)9-21-18-11-28-12-19(18)25-20(26)7-6-17(24-25)14-4-3-5-16(8-14)27-2/h3-8,10,18-19,21H,9,11-12H2,1-2H3,(H,22,23). The second kappa shape index (κ2) is 7.95. The van der Waals surface area contributed by atoms with Crippen molar-refractivity contribution in [2.75, 3.05) is 20.3 Å². The number of nitrogens with one attached hydrogen (secondary N) is 2. The van der Waals surface area contributed by atoms with Gasteiger partial charge in [0.1, 0.15) is 5.75 Å². The Bertz CT molecular complexity index is 1010. The van der Waals surface area contributed by atoms with Crippen LogP contribution < -0.4 is 15.6 Å². The maximum atomic E-state index is 12.5. The number of methoxy groups -OCH3 is 1. The summed E-state index contributed by atoms with van der Waals surface area (Å²) in [5.74, 6) is 0.747. The van der Waals surface area contributed by atoms with Gasteiger partial charge in [0, 0.05) is 29.4 Å². The average Bonchev–Trinajstić information content (AvgIpc) is 3.35. The summed E-state index contributed by atoms with van der Waals surface area (Å²) in [5, 5.41) is 15.1. The predicted octanol–water partition coefficient (Wildman–Crippen LogP) is 1.68. The Morgan fingerprint density at radius 2 is 2.21 bits per heavy atom. The quantitative estimate of drug-likeness (QED) is 0.675. The molecule has 1 aromatic carbocycles. The third kappa shape index (κ3) is 3.69. The highest BCUT2D eigenvalue weighted by Crippen LogP contribution is 2.23. The van der Waals surface area contributed by atoms with Crippen molar-refractivity contribution < 1.29 is 9.47 Å². The van der Waals surface area contributed by atoms with Gasteiger partial charge in [0.05, 0.1) is 44.3 Å². The van der Waals surface area contributed by atoms with E-state index < -0.39 is 0 Å². The van der Waals surface area contributed by atoms with Gasteiger partial charge >= 0.3 is 0 Å². The van der Waals surface area contributed by atoms with E-state index in [2.05, 4.69) is 20.6 Å². The van der Waals surface area contributed by atoms with Crippen LogP contribution in [-0.2, 0) is 11.3 Å². The maximum absolute atomic E-state index is 12.5. The number of nitrogens with zero attached hydrogens (tertiary/aromatic N) is 3. The van der Waals surface area contributed by atoms with E-state index in [0.717, 1.165) is 28.3 Å². The van der Waals surface area contributed by atoms with Gasteiger partial charge in [-0.15, -0.1) is 0 Å². The van der Waals surface area contributed by atoms with E-state index in [-0.39, 0.29) is 17.6 Å². The van der Waals surface area contributed by atoms with Crippen LogP contribution in [-0.4, -0.2) is 46.3 Å². The van der Waals surface area contributed by atoms with Crippen molar-refractivity contribution in [1.82, 2.24) is 25.3 Å². The zero-order valence-electron chi connectivity index (χ0n) is 15.9. The number of aromatic nitrogens is 4. The lowest BCUT2D eigenvalue weighted by Crippen LogP contribution is -2.41. The summed E-state index contributed by atoms with van der Waals surface area (Å²) in [6.07, 6.45) is 1.81. The number of benzene rings is 1. The van der Waals surface area contributed by atoms with Crippen LogP contribution in [0.15, 0.2) is 47.4 Å². The minimum absolute atomic E-state index is 0.0138. The summed E-state index contributed by atoms with van der Waals surface area (Å²) >= 11 is 0. The number of aromatic amines is 1. The molecular formula is C20H23N5O3. The van der Waals surface area contributed by atoms with Crippen LogP contribution in [0.25, 0.3) is 11.3 Å². The van der Waals surface area contributed by atoms with Crippen molar-refractivity contribution in [2.24, 2.45) is 0 Å². The fourth-order valence-electron chi connectivity index (χ4n) is 3.37. The van der Waals surface area contributed by atoms with Gasteiger partial charge in [0.15, 0.2) is 0 Å². The maximum Gasteiger partial charge on any atom is 0.267 e. The normalized spacial score (nSPS) is 19.1. The minimum atomic E-state index is -0.176. The smallest absolute Gasteiger partial charge is 0.267 e. The topological polar surface area (TPSA) is 94.1 Å². The van der Waals surface area contributed by atoms with E-state index in [0.29, 0.717) is 19.8 Å². The summed E-state index contributed by atoms with van der Waals surface area (Å²) < 4.78 is 12.5. The lowest BCUT2D eigenvalue weighted by atomic mass is 10.1. The monoisotopic (exact) mass is 381 g/mol. The van der Waals surface area contributed by atoms with Gasteiger partial charge in [-0.1, -0.05) is 12.1 Å². The number of hydrogen-bond acceptors (Lipinski definition) is 6. The van der Waals surface area contributed by atoms with Gasteiger partial charge in [-0.3, -0.25) is 9.89 Å². The molecule has 1 aliphatic rings. The highest BCUT2D eigenvalue weighted by Gasteiger charge is 2.31. The van der Waals surface area contributed by atoms with Gasteiger partial charge < -0.3 is 14.8 Å². The Balaban J connectivity index is 1.58. The second-order valence-corrected chi connectivity index (χ2v) is 6.85. The SMILES string of the molecule is COc1cccc(-c2ccc(=O)n(C3COCC3NCc3cn[nH]c3C)n2)c1. The van der Waals surface area contributed by atoms with Crippen molar-refractivity contribution in [1.29, 1.82) is 0 Å². The fourth-order valence-corrected chi connectivity index (χ4v) is 3.37. The minimum Gasteiger partial charge on any atom is -0.497 e. The molecule has 2 N–H and O–H groups in total. The van der Waals surface area contributed by atoms with Gasteiger partial charge in [0.2, 0.25) is 0 Å². The first-order valence-corrected chi connectivity index (χ1v) is 9.20. The first-order chi connectivity index (χ1) is 13.7. The molecule has 0 spiro atoms. The summed E-state index contributed by atoms with van der Waals surface area (Å²) in [6, 6.07) is 10.7. The average molecular weight is 381 g/mol. The first kappa shape index (κ1) is 18.4. The van der Waals surface area contributed by atoms with Crippen molar-refractivity contribution in [3.8, 4) is 17.0 Å². The largest absolute Gasteiger partial charge is 0.497 e. The van der Waals surface area contributed by atoms with Crippen molar-refractivity contribution in [3.05, 3.63) is 64.2 Å². The molecule has 146 valence electrons. The van der Waals surface area contributed by atoms with Crippen LogP contribution in [0, 0.1) is 6.92 Å². The highest BCUT2D eigenvalue weighted by atomic mass is 16.5. The van der Waals surface area contributed by atoms with Crippen molar-refractivity contribution in [2.45, 2.75) is 25.6 Å².